The van der Waals surface area contributed by atoms with Crippen LogP contribution in [0.25, 0.3) is 0 Å². The molecular formula is C32H42N8O3. The Balaban J connectivity index is 1.20. The molecule has 1 atom stereocenters. The summed E-state index contributed by atoms with van der Waals surface area (Å²) in [6, 6.07) is 14.0. The van der Waals surface area contributed by atoms with Crippen LogP contribution in [0.2, 0.25) is 0 Å². The van der Waals surface area contributed by atoms with E-state index in [0.29, 0.717) is 41.4 Å². The molecule has 1 amide bonds. The number of hydroxylamine groups is 2. The molecule has 0 bridgehead atoms. The van der Waals surface area contributed by atoms with Gasteiger partial charge < -0.3 is 34.2 Å². The van der Waals surface area contributed by atoms with Gasteiger partial charge >= 0.3 is 0 Å². The minimum Gasteiger partial charge on any atom is -0.627 e. The number of nitrogens with zero attached hydrogens (tertiary/aromatic N) is 8. The van der Waals surface area contributed by atoms with E-state index in [1.807, 2.05) is 65.2 Å². The van der Waals surface area contributed by atoms with Crippen LogP contribution < -0.4 is 19.2 Å². The topological polar surface area (TPSA) is 91.3 Å². The van der Waals surface area contributed by atoms with E-state index in [0.717, 1.165) is 69.0 Å². The first-order valence-corrected chi connectivity index (χ1v) is 15.1. The number of fused-ring (bicyclic) bond motifs is 2. The number of likely N-dealkylation sites (N-methyl/N-ethyl adjacent to an activating group) is 1. The lowest BCUT2D eigenvalue weighted by Crippen LogP contribution is -2.52. The molecule has 3 aliphatic heterocycles. The van der Waals surface area contributed by atoms with Gasteiger partial charge in [0.25, 0.3) is 5.91 Å². The summed E-state index contributed by atoms with van der Waals surface area (Å²) < 4.78 is 5.16. The summed E-state index contributed by atoms with van der Waals surface area (Å²) in [5.74, 6) is 1.57. The Morgan fingerprint density at radius 1 is 1.05 bits per heavy atom. The summed E-state index contributed by atoms with van der Waals surface area (Å²) in [6.07, 6.45) is 3.63. The van der Waals surface area contributed by atoms with Gasteiger partial charge in [-0.2, -0.15) is 4.98 Å². The van der Waals surface area contributed by atoms with Crippen molar-refractivity contribution in [2.24, 2.45) is 0 Å². The molecule has 0 aliphatic carbocycles. The van der Waals surface area contributed by atoms with Crippen LogP contribution in [0.15, 0.2) is 48.7 Å². The van der Waals surface area contributed by atoms with E-state index in [1.165, 1.54) is 0 Å². The highest BCUT2D eigenvalue weighted by Crippen LogP contribution is 2.42. The number of amides is 1. The fourth-order valence-corrected chi connectivity index (χ4v) is 6.59. The number of likely N-dealkylation sites (tertiary alicyclic amines) is 1. The molecule has 1 aromatic heterocycles. The first kappa shape index (κ1) is 29.3. The first-order chi connectivity index (χ1) is 20.7. The van der Waals surface area contributed by atoms with Crippen molar-refractivity contribution >= 4 is 34.7 Å². The number of para-hydroxylation sites is 1. The summed E-state index contributed by atoms with van der Waals surface area (Å²) >= 11 is 0. The number of carbonyl (C=O) groups excluding carboxylic acids is 1. The standard InChI is InChI=1S/C32H42N8O3/c1-35-16-18-38(19-17-35)25-12-14-39(15-13-25)31(41)23-10-11-27(29(20-23)43-5)37(3)32-33-21-28-30(34-32)36(2)26-9-7-6-8-24(26)22-40(28,4)42/h6-11,20-21,25H,12-19,22H2,1-5H3. The van der Waals surface area contributed by atoms with E-state index in [-0.39, 0.29) is 5.91 Å². The molecule has 0 radical (unpaired) electrons. The average Bonchev–Trinajstić information content (AvgIpc) is 3.11. The van der Waals surface area contributed by atoms with Crippen molar-refractivity contribution in [3.05, 3.63) is 65.0 Å². The number of carbonyl (C=O) groups is 1. The van der Waals surface area contributed by atoms with E-state index in [1.54, 1.807) is 26.4 Å². The molecule has 228 valence electrons. The molecule has 0 spiro atoms. The van der Waals surface area contributed by atoms with Gasteiger partial charge in [0, 0.05) is 70.5 Å². The maximum absolute atomic E-state index is 13.6. The summed E-state index contributed by atoms with van der Waals surface area (Å²) in [4.78, 5) is 33.7. The number of methoxy groups -OCH3 is 1. The molecule has 3 aliphatic rings. The number of benzene rings is 2. The van der Waals surface area contributed by atoms with Crippen LogP contribution in [0.5, 0.6) is 5.75 Å². The molecule has 0 N–H and O–H groups in total. The fourth-order valence-electron chi connectivity index (χ4n) is 6.59. The monoisotopic (exact) mass is 586 g/mol. The molecule has 3 aromatic rings. The van der Waals surface area contributed by atoms with E-state index in [2.05, 4.69) is 21.8 Å². The van der Waals surface area contributed by atoms with Crippen LogP contribution in [0.4, 0.5) is 28.8 Å². The molecule has 2 fully saturated rings. The minimum absolute atomic E-state index is 0.0263. The number of hydrogen-bond acceptors (Lipinski definition) is 9. The van der Waals surface area contributed by atoms with Crippen molar-refractivity contribution in [1.29, 1.82) is 0 Å². The Hall–Kier alpha value is -3.77. The van der Waals surface area contributed by atoms with E-state index < -0.39 is 4.65 Å². The molecule has 43 heavy (non-hydrogen) atoms. The Morgan fingerprint density at radius 3 is 2.49 bits per heavy atom. The van der Waals surface area contributed by atoms with E-state index >= 15 is 0 Å². The summed E-state index contributed by atoms with van der Waals surface area (Å²) in [5, 5.41) is 13.6. The van der Waals surface area contributed by atoms with Crippen molar-refractivity contribution < 1.29 is 9.53 Å². The molecular weight excluding hydrogens is 544 g/mol. The highest BCUT2D eigenvalue weighted by molar-refractivity contribution is 5.95. The van der Waals surface area contributed by atoms with Gasteiger partial charge in [-0.05, 0) is 44.2 Å². The van der Waals surface area contributed by atoms with Gasteiger partial charge in [-0.1, -0.05) is 18.2 Å². The molecule has 6 rings (SSSR count). The lowest BCUT2D eigenvalue weighted by Gasteiger charge is -2.42. The Morgan fingerprint density at radius 2 is 1.77 bits per heavy atom. The average molecular weight is 587 g/mol. The second-order valence-electron chi connectivity index (χ2n) is 12.1. The molecule has 11 heteroatoms. The van der Waals surface area contributed by atoms with Gasteiger partial charge in [0.05, 0.1) is 31.7 Å². The number of piperazine rings is 1. The van der Waals surface area contributed by atoms with Crippen molar-refractivity contribution in [2.75, 3.05) is 84.4 Å². The predicted octanol–water partition coefficient (Wildman–Crippen LogP) is 3.82. The van der Waals surface area contributed by atoms with Crippen LogP contribution in [0.1, 0.15) is 28.8 Å². The summed E-state index contributed by atoms with van der Waals surface area (Å²) in [6.45, 7) is 6.24. The number of anilines is 4. The summed E-state index contributed by atoms with van der Waals surface area (Å²) in [7, 11) is 9.20. The van der Waals surface area contributed by atoms with Crippen molar-refractivity contribution in [1.82, 2.24) is 29.3 Å². The van der Waals surface area contributed by atoms with Crippen LogP contribution in [0.3, 0.4) is 0 Å². The normalized spacial score (nSPS) is 21.6. The zero-order chi connectivity index (χ0) is 30.3. The number of ether oxygens (including phenoxy) is 1. The fraction of sp³-hybridized carbons (Fsp3) is 0.469. The first-order valence-electron chi connectivity index (χ1n) is 15.1. The number of hydrogen-bond donors (Lipinski definition) is 0. The third-order valence-corrected chi connectivity index (χ3v) is 9.28. The minimum atomic E-state index is -0.604. The third-order valence-electron chi connectivity index (χ3n) is 9.28. The largest absolute Gasteiger partial charge is 0.627 e. The molecule has 0 saturated carbocycles. The number of aromatic nitrogens is 2. The summed E-state index contributed by atoms with van der Waals surface area (Å²) in [5.41, 5.74) is 3.73. The molecule has 1 unspecified atom stereocenters. The highest BCUT2D eigenvalue weighted by Gasteiger charge is 2.32. The quantitative estimate of drug-likeness (QED) is 0.327. The zero-order valence-electron chi connectivity index (χ0n) is 25.9. The molecule has 4 heterocycles. The lowest BCUT2D eigenvalue weighted by molar-refractivity contribution is 0.0518. The second kappa shape index (κ2) is 11.7. The number of rotatable bonds is 5. The van der Waals surface area contributed by atoms with Crippen molar-refractivity contribution in [3.8, 4) is 5.75 Å². The Labute approximate surface area is 254 Å². The maximum Gasteiger partial charge on any atom is 0.253 e. The Kier molecular flexibility index (Phi) is 7.99. The molecule has 2 saturated heterocycles. The lowest BCUT2D eigenvalue weighted by atomic mass is 10.0. The third kappa shape index (κ3) is 5.65. The SMILES string of the molecule is COc1cc(C(=O)N2CCC(N3CCN(C)CC3)CC2)ccc1N(C)c1ncc2c(n1)N(C)c1ccccc1C[N+]2(C)[O-]. The van der Waals surface area contributed by atoms with Crippen molar-refractivity contribution in [2.45, 2.75) is 25.4 Å². The zero-order valence-corrected chi connectivity index (χ0v) is 25.9. The van der Waals surface area contributed by atoms with E-state index in [4.69, 9.17) is 9.72 Å². The van der Waals surface area contributed by atoms with E-state index in [9.17, 15) is 10.0 Å². The van der Waals surface area contributed by atoms with Gasteiger partial charge in [-0.15, -0.1) is 0 Å². The predicted molar refractivity (Wildman–Crippen MR) is 170 cm³/mol. The van der Waals surface area contributed by atoms with Crippen LogP contribution in [0, 0.1) is 5.21 Å². The molecule has 2 aromatic carbocycles. The Bertz CT molecular complexity index is 1480. The highest BCUT2D eigenvalue weighted by atomic mass is 16.5. The number of piperidine rings is 1. The number of quaternary nitrogens is 1. The smallest absolute Gasteiger partial charge is 0.253 e. The van der Waals surface area contributed by atoms with Gasteiger partial charge in [0.2, 0.25) is 11.8 Å². The molecule has 11 nitrogen and oxygen atoms in total. The van der Waals surface area contributed by atoms with Crippen LogP contribution in [-0.4, -0.2) is 111 Å². The van der Waals surface area contributed by atoms with Crippen LogP contribution in [-0.2, 0) is 6.54 Å². The van der Waals surface area contributed by atoms with Gasteiger partial charge in [0.1, 0.15) is 12.3 Å². The van der Waals surface area contributed by atoms with Gasteiger partial charge in [-0.3, -0.25) is 9.69 Å². The van der Waals surface area contributed by atoms with Gasteiger partial charge in [0.15, 0.2) is 5.69 Å². The second-order valence-corrected chi connectivity index (χ2v) is 12.1. The van der Waals surface area contributed by atoms with Crippen molar-refractivity contribution in [3.63, 3.8) is 0 Å². The van der Waals surface area contributed by atoms with Crippen LogP contribution >= 0.6 is 0 Å². The maximum atomic E-state index is 13.6. The van der Waals surface area contributed by atoms with Gasteiger partial charge in [-0.25, -0.2) is 4.98 Å².